The van der Waals surface area contributed by atoms with Crippen molar-refractivity contribution in [3.8, 4) is 0 Å². The third-order valence-corrected chi connectivity index (χ3v) is 1.82. The maximum Gasteiger partial charge on any atom is 0.103 e. The average molecular weight is 162 g/mol. The highest BCUT2D eigenvalue weighted by Crippen LogP contribution is 2.07. The third-order valence-electron chi connectivity index (χ3n) is 1.82. The summed E-state index contributed by atoms with van der Waals surface area (Å²) >= 11 is 0. The molecule has 1 aromatic rings. The van der Waals surface area contributed by atoms with E-state index in [1.54, 1.807) is 0 Å². The Morgan fingerprint density at radius 1 is 1.33 bits per heavy atom. The van der Waals surface area contributed by atoms with Gasteiger partial charge in [-0.25, -0.2) is 0 Å². The van der Waals surface area contributed by atoms with Gasteiger partial charge in [-0.2, -0.15) is 0 Å². The largest absolute Gasteiger partial charge is 0.336 e. The summed E-state index contributed by atoms with van der Waals surface area (Å²) in [6.45, 7) is 4.85. The Kier molecular flexibility index (Phi) is 3.06. The lowest BCUT2D eigenvalue weighted by Gasteiger charge is -2.09. The summed E-state index contributed by atoms with van der Waals surface area (Å²) in [6, 6.07) is 8.38. The van der Waals surface area contributed by atoms with E-state index in [0.29, 0.717) is 0 Å². The molecule has 0 fully saturated rings. The van der Waals surface area contributed by atoms with Gasteiger partial charge >= 0.3 is 0 Å². The van der Waals surface area contributed by atoms with Crippen molar-refractivity contribution in [2.75, 3.05) is 14.1 Å². The van der Waals surface area contributed by atoms with Crippen molar-refractivity contribution < 1.29 is 4.90 Å². The van der Waals surface area contributed by atoms with Crippen LogP contribution < -0.4 is 4.90 Å². The molecule has 1 rings (SSSR count). The molecule has 0 saturated heterocycles. The molecule has 1 N–H and O–H groups in total. The zero-order valence-corrected chi connectivity index (χ0v) is 7.80. The van der Waals surface area contributed by atoms with Crippen LogP contribution >= 0.6 is 0 Å². The minimum Gasteiger partial charge on any atom is -0.336 e. The van der Waals surface area contributed by atoms with Gasteiger partial charge in [-0.15, -0.1) is 0 Å². The molecule has 0 saturated carbocycles. The lowest BCUT2D eigenvalue weighted by atomic mass is 10.1. The van der Waals surface area contributed by atoms with Gasteiger partial charge in [-0.1, -0.05) is 36.9 Å². The van der Waals surface area contributed by atoms with Crippen LogP contribution in [-0.4, -0.2) is 14.1 Å². The minimum absolute atomic E-state index is 1.06. The van der Waals surface area contributed by atoms with Crippen LogP contribution in [0, 0.1) is 0 Å². The van der Waals surface area contributed by atoms with Gasteiger partial charge in [-0.05, 0) is 5.56 Å². The van der Waals surface area contributed by atoms with Crippen LogP contribution in [0.5, 0.6) is 0 Å². The second-order valence-electron chi connectivity index (χ2n) is 3.29. The Morgan fingerprint density at radius 3 is 2.58 bits per heavy atom. The molecule has 0 bridgehead atoms. The van der Waals surface area contributed by atoms with E-state index in [1.165, 1.54) is 16.0 Å². The highest BCUT2D eigenvalue weighted by Gasteiger charge is 2.00. The van der Waals surface area contributed by atoms with Crippen LogP contribution in [0.1, 0.15) is 11.1 Å². The van der Waals surface area contributed by atoms with Gasteiger partial charge in [0, 0.05) is 5.56 Å². The Labute approximate surface area is 74.3 Å². The van der Waals surface area contributed by atoms with Crippen LogP contribution in [0.4, 0.5) is 0 Å². The second-order valence-corrected chi connectivity index (χ2v) is 3.29. The molecular weight excluding hydrogens is 146 g/mol. The summed E-state index contributed by atoms with van der Waals surface area (Å²) in [5.74, 6) is 0. The first kappa shape index (κ1) is 9.01. The van der Waals surface area contributed by atoms with Crippen molar-refractivity contribution in [1.82, 2.24) is 0 Å². The van der Waals surface area contributed by atoms with Crippen molar-refractivity contribution in [2.45, 2.75) is 6.54 Å². The standard InChI is InChI=1S/C11H15N/c1-4-10-7-5-6-8-11(10)9-12(2)3/h4-8H,1,9H2,2-3H3/p+1. The minimum atomic E-state index is 1.06. The van der Waals surface area contributed by atoms with E-state index < -0.39 is 0 Å². The van der Waals surface area contributed by atoms with Gasteiger partial charge in [0.15, 0.2) is 0 Å². The zero-order valence-electron chi connectivity index (χ0n) is 7.80. The lowest BCUT2D eigenvalue weighted by Crippen LogP contribution is -3.04. The Hall–Kier alpha value is -1.08. The molecule has 0 atom stereocenters. The number of rotatable bonds is 3. The molecule has 0 aromatic heterocycles. The Bertz CT molecular complexity index is 263. The molecule has 0 aliphatic heterocycles. The van der Waals surface area contributed by atoms with Crippen LogP contribution in [0.15, 0.2) is 30.8 Å². The number of hydrogen-bond donors (Lipinski definition) is 1. The van der Waals surface area contributed by atoms with Crippen LogP contribution in [-0.2, 0) is 6.54 Å². The number of hydrogen-bond acceptors (Lipinski definition) is 0. The summed E-state index contributed by atoms with van der Waals surface area (Å²) in [6.07, 6.45) is 1.91. The lowest BCUT2D eigenvalue weighted by molar-refractivity contribution is -0.872. The van der Waals surface area contributed by atoms with E-state index in [9.17, 15) is 0 Å². The Morgan fingerprint density at radius 2 is 2.00 bits per heavy atom. The first-order chi connectivity index (χ1) is 5.74. The van der Waals surface area contributed by atoms with E-state index in [4.69, 9.17) is 0 Å². The number of quaternary nitrogens is 1. The topological polar surface area (TPSA) is 4.44 Å². The SMILES string of the molecule is C=Cc1ccccc1C[NH+](C)C. The monoisotopic (exact) mass is 162 g/mol. The van der Waals surface area contributed by atoms with Crippen LogP contribution in [0.3, 0.4) is 0 Å². The van der Waals surface area contributed by atoms with Crippen molar-refractivity contribution in [3.63, 3.8) is 0 Å². The smallest absolute Gasteiger partial charge is 0.103 e. The Balaban J connectivity index is 2.89. The van der Waals surface area contributed by atoms with Crippen molar-refractivity contribution >= 4 is 6.08 Å². The van der Waals surface area contributed by atoms with Crippen molar-refractivity contribution in [3.05, 3.63) is 42.0 Å². The normalized spacial score (nSPS) is 10.2. The molecule has 12 heavy (non-hydrogen) atoms. The van der Waals surface area contributed by atoms with Gasteiger partial charge in [0.2, 0.25) is 0 Å². The van der Waals surface area contributed by atoms with Crippen molar-refractivity contribution in [2.24, 2.45) is 0 Å². The van der Waals surface area contributed by atoms with Crippen molar-refractivity contribution in [1.29, 1.82) is 0 Å². The summed E-state index contributed by atoms with van der Waals surface area (Å²) in [5.41, 5.74) is 2.62. The van der Waals surface area contributed by atoms with Gasteiger partial charge in [-0.3, -0.25) is 0 Å². The predicted molar refractivity (Wildman–Crippen MR) is 53.0 cm³/mol. The van der Waals surface area contributed by atoms with Gasteiger partial charge < -0.3 is 4.90 Å². The van der Waals surface area contributed by atoms with Crippen LogP contribution in [0.25, 0.3) is 6.08 Å². The summed E-state index contributed by atoms with van der Waals surface area (Å²) in [4.78, 5) is 1.43. The van der Waals surface area contributed by atoms with E-state index in [2.05, 4.69) is 38.9 Å². The first-order valence-corrected chi connectivity index (χ1v) is 4.23. The summed E-state index contributed by atoms with van der Waals surface area (Å²) in [7, 11) is 4.31. The van der Waals surface area contributed by atoms with Gasteiger partial charge in [0.1, 0.15) is 6.54 Å². The maximum atomic E-state index is 3.79. The molecule has 1 heteroatoms. The maximum absolute atomic E-state index is 3.79. The van der Waals surface area contributed by atoms with Gasteiger partial charge in [0.25, 0.3) is 0 Å². The van der Waals surface area contributed by atoms with E-state index in [-0.39, 0.29) is 0 Å². The second kappa shape index (κ2) is 4.07. The summed E-state index contributed by atoms with van der Waals surface area (Å²) < 4.78 is 0. The molecule has 0 heterocycles. The fourth-order valence-corrected chi connectivity index (χ4v) is 1.28. The molecule has 0 spiro atoms. The molecule has 0 unspecified atom stereocenters. The average Bonchev–Trinajstić information content (AvgIpc) is 2.04. The van der Waals surface area contributed by atoms with E-state index in [0.717, 1.165) is 6.54 Å². The van der Waals surface area contributed by atoms with E-state index >= 15 is 0 Å². The van der Waals surface area contributed by atoms with Gasteiger partial charge in [0.05, 0.1) is 14.1 Å². The number of benzene rings is 1. The quantitative estimate of drug-likeness (QED) is 0.675. The third kappa shape index (κ3) is 2.21. The molecule has 0 amide bonds. The summed E-state index contributed by atoms with van der Waals surface area (Å²) in [5, 5.41) is 0. The molecule has 1 nitrogen and oxygen atoms in total. The first-order valence-electron chi connectivity index (χ1n) is 4.23. The highest BCUT2D eigenvalue weighted by molar-refractivity contribution is 5.51. The zero-order chi connectivity index (χ0) is 8.97. The molecule has 0 aliphatic carbocycles. The molecular formula is C11H16N+. The fourth-order valence-electron chi connectivity index (χ4n) is 1.28. The number of nitrogens with one attached hydrogen (secondary N) is 1. The molecule has 1 aromatic carbocycles. The van der Waals surface area contributed by atoms with Crippen LogP contribution in [0.2, 0.25) is 0 Å². The predicted octanol–water partition coefficient (Wildman–Crippen LogP) is 0.974. The fraction of sp³-hybridized carbons (Fsp3) is 0.273. The highest BCUT2D eigenvalue weighted by atomic mass is 15.0. The van der Waals surface area contributed by atoms with E-state index in [1.807, 2.05) is 12.1 Å². The molecule has 0 radical (unpaired) electrons. The molecule has 64 valence electrons. The molecule has 0 aliphatic rings.